The Hall–Kier alpha value is -2.95. The number of fused-ring (bicyclic) bond motifs is 1. The Kier molecular flexibility index (Phi) is 5.36. The molecule has 0 aliphatic rings. The molecule has 0 aliphatic heterocycles. The van der Waals surface area contributed by atoms with E-state index >= 15 is 0 Å². The highest BCUT2D eigenvalue weighted by Gasteiger charge is 2.22. The molecule has 0 spiro atoms. The summed E-state index contributed by atoms with van der Waals surface area (Å²) in [7, 11) is 0. The van der Waals surface area contributed by atoms with Crippen LogP contribution >= 0.6 is 0 Å². The fourth-order valence-electron chi connectivity index (χ4n) is 3.23. The minimum absolute atomic E-state index is 0.0423. The smallest absolute Gasteiger partial charge is 0.270 e. The van der Waals surface area contributed by atoms with Crippen LogP contribution in [0.25, 0.3) is 5.65 Å². The fraction of sp³-hybridized carbons (Fsp3) is 0.348. The summed E-state index contributed by atoms with van der Waals surface area (Å²) < 4.78 is 1.39. The molecule has 2 aromatic heterocycles. The van der Waals surface area contributed by atoms with Gasteiger partial charge in [0.05, 0.1) is 6.04 Å². The van der Waals surface area contributed by atoms with Crippen LogP contribution in [-0.2, 0) is 5.41 Å². The Balaban J connectivity index is 1.90. The third-order valence-electron chi connectivity index (χ3n) is 4.95. The van der Waals surface area contributed by atoms with Crippen molar-refractivity contribution in [3.05, 3.63) is 81.9 Å². The lowest BCUT2D eigenvalue weighted by Crippen LogP contribution is -2.36. The number of benzene rings is 1. The van der Waals surface area contributed by atoms with Gasteiger partial charge in [-0.3, -0.25) is 14.0 Å². The average molecular weight is 377 g/mol. The van der Waals surface area contributed by atoms with E-state index in [1.807, 2.05) is 13.8 Å². The van der Waals surface area contributed by atoms with Crippen LogP contribution in [0.2, 0.25) is 0 Å². The topological polar surface area (TPSA) is 63.5 Å². The fourth-order valence-corrected chi connectivity index (χ4v) is 3.23. The molecule has 5 heteroatoms. The Morgan fingerprint density at radius 2 is 1.75 bits per heavy atom. The number of carbonyl (C=O) groups excluding carboxylic acids is 1. The van der Waals surface area contributed by atoms with Gasteiger partial charge in [0.2, 0.25) is 0 Å². The number of hydrogen-bond donors (Lipinski definition) is 1. The van der Waals surface area contributed by atoms with Gasteiger partial charge in [-0.15, -0.1) is 0 Å². The zero-order valence-corrected chi connectivity index (χ0v) is 17.1. The van der Waals surface area contributed by atoms with Gasteiger partial charge in [-0.2, -0.15) is 0 Å². The van der Waals surface area contributed by atoms with Gasteiger partial charge in [-0.1, -0.05) is 65.0 Å². The Morgan fingerprint density at radius 1 is 1.07 bits per heavy atom. The lowest BCUT2D eigenvalue weighted by molar-refractivity contribution is 0.0923. The minimum Gasteiger partial charge on any atom is -0.345 e. The summed E-state index contributed by atoms with van der Waals surface area (Å²) in [6.07, 6.45) is 2.97. The summed E-state index contributed by atoms with van der Waals surface area (Å²) in [4.78, 5) is 29.8. The first-order chi connectivity index (χ1) is 13.2. The molecule has 0 saturated heterocycles. The molecule has 0 aliphatic carbocycles. The van der Waals surface area contributed by atoms with E-state index in [1.165, 1.54) is 16.2 Å². The van der Waals surface area contributed by atoms with Gasteiger partial charge in [0.1, 0.15) is 11.2 Å². The molecule has 0 bridgehead atoms. The third kappa shape index (κ3) is 3.98. The number of nitrogens with zero attached hydrogens (tertiary/aromatic N) is 2. The molecule has 0 radical (unpaired) electrons. The van der Waals surface area contributed by atoms with E-state index in [4.69, 9.17) is 0 Å². The van der Waals surface area contributed by atoms with Gasteiger partial charge >= 0.3 is 0 Å². The summed E-state index contributed by atoms with van der Waals surface area (Å²) in [6, 6.07) is 13.4. The van der Waals surface area contributed by atoms with E-state index in [-0.39, 0.29) is 28.5 Å². The van der Waals surface area contributed by atoms with Gasteiger partial charge in [0, 0.05) is 12.4 Å². The highest BCUT2D eigenvalue weighted by atomic mass is 16.2. The Labute approximate surface area is 165 Å². The zero-order chi connectivity index (χ0) is 20.5. The molecule has 3 rings (SSSR count). The number of carbonyl (C=O) groups is 1. The summed E-state index contributed by atoms with van der Waals surface area (Å²) >= 11 is 0. The van der Waals surface area contributed by atoms with Crippen molar-refractivity contribution in [3.8, 4) is 0 Å². The highest BCUT2D eigenvalue weighted by Crippen LogP contribution is 2.27. The number of rotatable bonds is 4. The van der Waals surface area contributed by atoms with E-state index < -0.39 is 5.91 Å². The molecule has 1 atom stereocenters. The second-order valence-electron chi connectivity index (χ2n) is 8.47. The molecule has 3 aromatic rings. The Bertz CT molecular complexity index is 1040. The quantitative estimate of drug-likeness (QED) is 0.744. The standard InChI is InChI=1S/C23H27N3O2/c1-15(2)20(16-9-11-17(12-10-16)23(3,4)5)25-21(27)18-14-24-19-8-6-7-13-26(19)22(18)28/h6-15,20H,1-5H3,(H,25,27). The molecule has 1 unspecified atom stereocenters. The second-order valence-corrected chi connectivity index (χ2v) is 8.47. The van der Waals surface area contributed by atoms with Gasteiger partial charge in [0.25, 0.3) is 11.5 Å². The molecule has 2 heterocycles. The van der Waals surface area contributed by atoms with Crippen LogP contribution < -0.4 is 10.9 Å². The first-order valence-electron chi connectivity index (χ1n) is 9.56. The lowest BCUT2D eigenvalue weighted by Gasteiger charge is -2.25. The van der Waals surface area contributed by atoms with Gasteiger partial charge < -0.3 is 5.32 Å². The molecular formula is C23H27N3O2. The summed E-state index contributed by atoms with van der Waals surface area (Å²) in [5.74, 6) is -0.241. The lowest BCUT2D eigenvalue weighted by atomic mass is 9.85. The van der Waals surface area contributed by atoms with Crippen molar-refractivity contribution < 1.29 is 4.79 Å². The zero-order valence-electron chi connectivity index (χ0n) is 17.1. The first kappa shape index (κ1) is 19.8. The molecule has 1 amide bonds. The number of hydrogen-bond acceptors (Lipinski definition) is 3. The molecular weight excluding hydrogens is 350 g/mol. The largest absolute Gasteiger partial charge is 0.345 e. The summed E-state index contributed by atoms with van der Waals surface area (Å²) in [6.45, 7) is 10.6. The first-order valence-corrected chi connectivity index (χ1v) is 9.56. The normalized spacial score (nSPS) is 12.9. The number of nitrogens with one attached hydrogen (secondary N) is 1. The van der Waals surface area contributed by atoms with Gasteiger partial charge in [-0.05, 0) is 34.6 Å². The number of pyridine rings is 1. The predicted octanol–water partition coefficient (Wildman–Crippen LogP) is 4.12. The third-order valence-corrected chi connectivity index (χ3v) is 4.95. The van der Waals surface area contributed by atoms with Gasteiger partial charge in [0.15, 0.2) is 0 Å². The predicted molar refractivity (Wildman–Crippen MR) is 112 cm³/mol. The number of amides is 1. The van der Waals surface area contributed by atoms with Crippen LogP contribution in [0.15, 0.2) is 59.7 Å². The molecule has 5 nitrogen and oxygen atoms in total. The van der Waals surface area contributed by atoms with Crippen molar-refractivity contribution >= 4 is 11.6 Å². The van der Waals surface area contributed by atoms with Crippen LogP contribution in [0.3, 0.4) is 0 Å². The highest BCUT2D eigenvalue weighted by molar-refractivity contribution is 5.94. The van der Waals surface area contributed by atoms with E-state index in [2.05, 4.69) is 55.3 Å². The maximum absolute atomic E-state index is 12.9. The minimum atomic E-state index is -0.408. The van der Waals surface area contributed by atoms with Crippen LogP contribution in [0, 0.1) is 5.92 Å². The van der Waals surface area contributed by atoms with E-state index in [0.29, 0.717) is 5.65 Å². The van der Waals surface area contributed by atoms with E-state index in [9.17, 15) is 9.59 Å². The summed E-state index contributed by atoms with van der Waals surface area (Å²) in [5, 5.41) is 3.02. The van der Waals surface area contributed by atoms with Crippen molar-refractivity contribution in [1.82, 2.24) is 14.7 Å². The second kappa shape index (κ2) is 7.58. The van der Waals surface area contributed by atoms with Crippen LogP contribution in [0.1, 0.15) is 62.1 Å². The molecule has 0 fully saturated rings. The maximum atomic E-state index is 12.9. The van der Waals surface area contributed by atoms with Crippen molar-refractivity contribution in [2.45, 2.75) is 46.1 Å². The molecule has 0 saturated carbocycles. The van der Waals surface area contributed by atoms with Crippen LogP contribution in [0.5, 0.6) is 0 Å². The number of aromatic nitrogens is 2. The van der Waals surface area contributed by atoms with Gasteiger partial charge in [-0.25, -0.2) is 4.98 Å². The van der Waals surface area contributed by atoms with Crippen molar-refractivity contribution in [2.24, 2.45) is 5.92 Å². The van der Waals surface area contributed by atoms with Crippen LogP contribution in [0.4, 0.5) is 0 Å². The van der Waals surface area contributed by atoms with Crippen molar-refractivity contribution in [3.63, 3.8) is 0 Å². The SMILES string of the molecule is CC(C)C(NC(=O)c1cnc2ccccn2c1=O)c1ccc(C(C)(C)C)cc1. The van der Waals surface area contributed by atoms with Crippen LogP contribution in [-0.4, -0.2) is 15.3 Å². The molecule has 28 heavy (non-hydrogen) atoms. The molecule has 1 N–H and O–H groups in total. The average Bonchev–Trinajstić information content (AvgIpc) is 2.65. The van der Waals surface area contributed by atoms with Crippen molar-refractivity contribution in [1.29, 1.82) is 0 Å². The Morgan fingerprint density at radius 3 is 2.36 bits per heavy atom. The van der Waals surface area contributed by atoms with Crippen molar-refractivity contribution in [2.75, 3.05) is 0 Å². The molecule has 146 valence electrons. The van der Waals surface area contributed by atoms with E-state index in [1.54, 1.807) is 24.4 Å². The summed E-state index contributed by atoms with van der Waals surface area (Å²) in [5.41, 5.74) is 2.52. The van der Waals surface area contributed by atoms with E-state index in [0.717, 1.165) is 5.56 Å². The maximum Gasteiger partial charge on any atom is 0.270 e. The monoisotopic (exact) mass is 377 g/mol. The molecule has 1 aromatic carbocycles.